The van der Waals surface area contributed by atoms with Gasteiger partial charge in [0.25, 0.3) is 0 Å². The van der Waals surface area contributed by atoms with Gasteiger partial charge >= 0.3 is 0 Å². The van der Waals surface area contributed by atoms with Crippen LogP contribution in [0, 0.1) is 0 Å². The van der Waals surface area contributed by atoms with Gasteiger partial charge in [-0.3, -0.25) is 0 Å². The average molecular weight is 536 g/mol. The van der Waals surface area contributed by atoms with Gasteiger partial charge in [-0.25, -0.2) is 4.68 Å². The summed E-state index contributed by atoms with van der Waals surface area (Å²) in [4.78, 5) is 1.52. The number of nitrogens with zero attached hydrogens (tertiary/aromatic N) is 3. The Kier molecular flexibility index (Phi) is 7.90. The predicted molar refractivity (Wildman–Crippen MR) is 164 cm³/mol. The monoisotopic (exact) mass is 535 g/mol. The van der Waals surface area contributed by atoms with Crippen molar-refractivity contribution in [2.75, 3.05) is 0 Å². The van der Waals surface area contributed by atoms with Crippen LogP contribution in [0.3, 0.4) is 0 Å². The van der Waals surface area contributed by atoms with Crippen LogP contribution in [0.2, 0.25) is 0 Å². The van der Waals surface area contributed by atoms with Crippen molar-refractivity contribution in [3.63, 3.8) is 0 Å². The first-order chi connectivity index (χ1) is 18.8. The fourth-order valence-electron chi connectivity index (χ4n) is 5.60. The number of benzene rings is 3. The Morgan fingerprint density at radius 1 is 0.816 bits per heavy atom. The van der Waals surface area contributed by atoms with Crippen molar-refractivity contribution in [3.05, 3.63) is 114 Å². The molecule has 2 aliphatic carbocycles. The molecule has 1 fully saturated rings. The maximum Gasteiger partial charge on any atom is 0.121 e. The first-order valence-electron chi connectivity index (χ1n) is 13.8. The van der Waals surface area contributed by atoms with Gasteiger partial charge in [0.1, 0.15) is 5.69 Å². The third-order valence-corrected chi connectivity index (χ3v) is 11.5. The van der Waals surface area contributed by atoms with E-state index in [0.717, 1.165) is 22.9 Å². The van der Waals surface area contributed by atoms with Crippen LogP contribution < -0.4 is 16.0 Å². The molecule has 0 amide bonds. The van der Waals surface area contributed by atoms with Gasteiger partial charge in [0.2, 0.25) is 0 Å². The van der Waals surface area contributed by atoms with Crippen molar-refractivity contribution in [1.82, 2.24) is 15.0 Å². The van der Waals surface area contributed by atoms with E-state index in [2.05, 4.69) is 127 Å². The fraction of sp³-hybridized carbons (Fsp3) is 0.273. The van der Waals surface area contributed by atoms with Crippen molar-refractivity contribution in [1.29, 1.82) is 0 Å². The molecule has 1 saturated carbocycles. The molecule has 3 aromatic carbocycles. The number of hydrogen-bond acceptors (Lipinski definition) is 3. The highest BCUT2D eigenvalue weighted by Gasteiger charge is 2.31. The second-order valence-electron chi connectivity index (χ2n) is 10.1. The molecule has 6 rings (SSSR count). The number of hydrogen-bond donors (Lipinski definition) is 0. The zero-order valence-corrected chi connectivity index (χ0v) is 23.6. The highest BCUT2D eigenvalue weighted by molar-refractivity contribution is 8.03. The van der Waals surface area contributed by atoms with Crippen molar-refractivity contribution in [2.24, 2.45) is 0 Å². The number of thioether (sulfide) groups is 1. The molecule has 4 aromatic rings. The number of aromatic nitrogens is 3. The summed E-state index contributed by atoms with van der Waals surface area (Å²) in [6.45, 7) is 2.31. The molecule has 0 bridgehead atoms. The largest absolute Gasteiger partial charge is 0.236 e. The van der Waals surface area contributed by atoms with Crippen LogP contribution in [0.1, 0.15) is 51.5 Å². The molecule has 5 heteroatoms. The van der Waals surface area contributed by atoms with Gasteiger partial charge in [0.05, 0.1) is 11.5 Å². The Morgan fingerprint density at radius 3 is 2.05 bits per heavy atom. The molecule has 0 aliphatic heterocycles. The van der Waals surface area contributed by atoms with E-state index < -0.39 is 7.92 Å². The van der Waals surface area contributed by atoms with Crippen molar-refractivity contribution in [2.45, 2.75) is 56.7 Å². The third kappa shape index (κ3) is 5.30. The van der Waals surface area contributed by atoms with E-state index in [-0.39, 0.29) is 6.04 Å². The Morgan fingerprint density at radius 2 is 1.42 bits per heavy atom. The standard InChI is InChI=1S/C33H34N3PS/c1-25(30-23-14-24-31(30)38-29-21-12-5-13-22-29)36-33(32(34-35-36)26-15-6-2-7-16-26)37(27-17-8-3-9-18-27)28-19-10-4-11-20-28/h2-4,6-11,14-20,23,25,29H,5,12-13,21-22,24H2,1H3/t25-/m0/s1. The van der Waals surface area contributed by atoms with Crippen LogP contribution in [0.4, 0.5) is 0 Å². The Balaban J connectivity index is 1.49. The second-order valence-corrected chi connectivity index (χ2v) is 13.6. The molecular formula is C33H34N3PS. The molecule has 1 heterocycles. The van der Waals surface area contributed by atoms with Gasteiger partial charge in [-0.1, -0.05) is 128 Å². The fourth-order valence-corrected chi connectivity index (χ4v) is 9.67. The quantitative estimate of drug-likeness (QED) is 0.218. The lowest BCUT2D eigenvalue weighted by Gasteiger charge is -2.26. The van der Waals surface area contributed by atoms with Crippen molar-refractivity contribution in [3.8, 4) is 11.3 Å². The van der Waals surface area contributed by atoms with Crippen LogP contribution >= 0.6 is 19.7 Å². The van der Waals surface area contributed by atoms with E-state index in [1.807, 2.05) is 0 Å². The van der Waals surface area contributed by atoms with Gasteiger partial charge in [-0.15, -0.1) is 16.9 Å². The molecule has 0 saturated heterocycles. The van der Waals surface area contributed by atoms with Crippen LogP contribution in [-0.2, 0) is 0 Å². The highest BCUT2D eigenvalue weighted by atomic mass is 32.2. The summed E-state index contributed by atoms with van der Waals surface area (Å²) in [5.74, 6) is 0. The maximum absolute atomic E-state index is 4.90. The molecule has 0 spiro atoms. The minimum Gasteiger partial charge on any atom is -0.236 e. The maximum atomic E-state index is 4.90. The second kappa shape index (κ2) is 11.8. The molecule has 2 aliphatic rings. The number of rotatable bonds is 8. The van der Waals surface area contributed by atoms with Gasteiger partial charge in [0.15, 0.2) is 0 Å². The van der Waals surface area contributed by atoms with Crippen LogP contribution in [0.15, 0.2) is 114 Å². The van der Waals surface area contributed by atoms with Crippen molar-refractivity contribution >= 4 is 35.7 Å². The first kappa shape index (κ1) is 25.3. The van der Waals surface area contributed by atoms with Gasteiger partial charge in [0, 0.05) is 18.7 Å². The minimum absolute atomic E-state index is 0.109. The summed E-state index contributed by atoms with van der Waals surface area (Å²) in [6, 6.07) is 32.5. The topological polar surface area (TPSA) is 30.7 Å². The molecule has 192 valence electrons. The van der Waals surface area contributed by atoms with Crippen LogP contribution in [0.25, 0.3) is 11.3 Å². The summed E-state index contributed by atoms with van der Waals surface area (Å²) in [5, 5.41) is 13.1. The smallest absolute Gasteiger partial charge is 0.121 e. The molecule has 0 unspecified atom stereocenters. The summed E-state index contributed by atoms with van der Waals surface area (Å²) in [5.41, 5.74) is 4.72. The van der Waals surface area contributed by atoms with E-state index in [1.165, 1.54) is 58.6 Å². The third-order valence-electron chi connectivity index (χ3n) is 7.56. The molecule has 1 aromatic heterocycles. The van der Waals surface area contributed by atoms with E-state index in [9.17, 15) is 0 Å². The van der Waals surface area contributed by atoms with E-state index in [4.69, 9.17) is 10.3 Å². The lowest BCUT2D eigenvalue weighted by molar-refractivity contribution is 0.516. The van der Waals surface area contributed by atoms with Crippen LogP contribution in [-0.4, -0.2) is 20.2 Å². The Bertz CT molecular complexity index is 1370. The normalized spacial score (nSPS) is 16.9. The molecule has 38 heavy (non-hydrogen) atoms. The first-order valence-corrected chi connectivity index (χ1v) is 16.0. The zero-order chi connectivity index (χ0) is 25.7. The molecule has 0 radical (unpaired) electrons. The summed E-state index contributed by atoms with van der Waals surface area (Å²) in [6.07, 6.45) is 12.5. The van der Waals surface area contributed by atoms with E-state index >= 15 is 0 Å². The molecular weight excluding hydrogens is 501 g/mol. The van der Waals surface area contributed by atoms with Gasteiger partial charge in [-0.2, -0.15) is 0 Å². The Hall–Kier alpha value is -2.94. The van der Waals surface area contributed by atoms with Crippen molar-refractivity contribution < 1.29 is 0 Å². The number of allylic oxidation sites excluding steroid dienone is 4. The van der Waals surface area contributed by atoms with Crippen LogP contribution in [0.5, 0.6) is 0 Å². The summed E-state index contributed by atoms with van der Waals surface area (Å²) < 4.78 is 2.24. The van der Waals surface area contributed by atoms with Gasteiger partial charge in [-0.05, 0) is 47.3 Å². The minimum atomic E-state index is -0.867. The average Bonchev–Trinajstić information content (AvgIpc) is 3.63. The lowest BCUT2D eigenvalue weighted by atomic mass is 10.0. The zero-order valence-electron chi connectivity index (χ0n) is 21.9. The van der Waals surface area contributed by atoms with Gasteiger partial charge < -0.3 is 0 Å². The van der Waals surface area contributed by atoms with E-state index in [1.54, 1.807) is 0 Å². The molecule has 0 N–H and O–H groups in total. The lowest BCUT2D eigenvalue weighted by Crippen LogP contribution is -2.30. The predicted octanol–water partition coefficient (Wildman–Crippen LogP) is 7.54. The molecule has 1 atom stereocenters. The Labute approximate surface area is 231 Å². The highest BCUT2D eigenvalue weighted by Crippen LogP contribution is 2.43. The summed E-state index contributed by atoms with van der Waals surface area (Å²) >= 11 is 2.13. The summed E-state index contributed by atoms with van der Waals surface area (Å²) in [7, 11) is -0.867. The molecule has 3 nitrogen and oxygen atoms in total. The SMILES string of the molecule is C[C@@H](C1=C(SC2CCCCC2)CC=C1)n1nnc(-c2ccccc2)c1P(c1ccccc1)c1ccccc1. The van der Waals surface area contributed by atoms with E-state index in [0.29, 0.717) is 0 Å².